The van der Waals surface area contributed by atoms with E-state index in [-0.39, 0.29) is 6.61 Å². The first-order valence-corrected chi connectivity index (χ1v) is 29.3. The fourth-order valence-electron chi connectivity index (χ4n) is 9.14. The molecule has 384 valence electrons. The Morgan fingerprint density at radius 1 is 0.369 bits per heavy atom. The van der Waals surface area contributed by atoms with Gasteiger partial charge in [-0.25, -0.2) is 0 Å². The first-order chi connectivity index (χ1) is 32.1. The van der Waals surface area contributed by atoms with E-state index >= 15 is 0 Å². The molecule has 0 aromatic rings. The molecule has 0 aliphatic rings. The highest BCUT2D eigenvalue weighted by Crippen LogP contribution is 2.17. The van der Waals surface area contributed by atoms with Crippen LogP contribution in [0.25, 0.3) is 0 Å². The maximum atomic E-state index is 12.5. The van der Waals surface area contributed by atoms with Crippen molar-refractivity contribution in [3.05, 3.63) is 36.5 Å². The Labute approximate surface area is 406 Å². The van der Waals surface area contributed by atoms with Crippen LogP contribution in [0.5, 0.6) is 0 Å². The van der Waals surface area contributed by atoms with Crippen molar-refractivity contribution in [1.29, 1.82) is 0 Å². The molecule has 3 unspecified atom stereocenters. The number of unbranched alkanes of at least 4 members (excludes halogenated alkanes) is 42. The highest BCUT2D eigenvalue weighted by atomic mass is 16.3. The van der Waals surface area contributed by atoms with E-state index in [1.807, 2.05) is 6.08 Å². The zero-order valence-corrected chi connectivity index (χ0v) is 43.9. The molecule has 0 bridgehead atoms. The normalized spacial score (nSPS) is 13.5. The smallest absolute Gasteiger partial charge is 0.249 e. The number of carbonyl (C=O) groups is 1. The molecule has 4 N–H and O–H groups in total. The lowest BCUT2D eigenvalue weighted by Gasteiger charge is -2.21. The number of aliphatic hydroxyl groups excluding tert-OH is 3. The number of amides is 1. The molecule has 0 spiro atoms. The van der Waals surface area contributed by atoms with Crippen LogP contribution in [0, 0.1) is 0 Å². The SMILES string of the molecule is CCCCCCCCCCCCC/C=C/CC/C=C/C(O)C(CO)NC(=O)C(O)CCCCCCCCCCCCCCCCCC/C=C\CCCCCCCCCCCCCCCC. The number of nitrogens with one attached hydrogen (secondary N) is 1. The third-order valence-corrected chi connectivity index (χ3v) is 13.7. The fraction of sp³-hybridized carbons (Fsp3) is 0.883. The molecule has 65 heavy (non-hydrogen) atoms. The lowest BCUT2D eigenvalue weighted by Crippen LogP contribution is -2.48. The average molecular weight is 915 g/mol. The number of rotatable bonds is 54. The second kappa shape index (κ2) is 55.2. The van der Waals surface area contributed by atoms with E-state index in [4.69, 9.17) is 0 Å². The van der Waals surface area contributed by atoms with E-state index < -0.39 is 24.2 Å². The summed E-state index contributed by atoms with van der Waals surface area (Å²) < 4.78 is 0. The highest BCUT2D eigenvalue weighted by Gasteiger charge is 2.22. The molecular formula is C60H115NO4. The number of hydrogen-bond acceptors (Lipinski definition) is 4. The number of hydrogen-bond donors (Lipinski definition) is 4. The molecule has 0 rings (SSSR count). The minimum Gasteiger partial charge on any atom is -0.394 e. The van der Waals surface area contributed by atoms with Gasteiger partial charge in [-0.05, 0) is 57.8 Å². The van der Waals surface area contributed by atoms with E-state index in [0.29, 0.717) is 6.42 Å². The largest absolute Gasteiger partial charge is 0.394 e. The van der Waals surface area contributed by atoms with Gasteiger partial charge in [0.15, 0.2) is 0 Å². The van der Waals surface area contributed by atoms with Crippen molar-refractivity contribution < 1.29 is 20.1 Å². The van der Waals surface area contributed by atoms with Gasteiger partial charge in [0.25, 0.3) is 0 Å². The molecule has 3 atom stereocenters. The van der Waals surface area contributed by atoms with Gasteiger partial charge in [0.1, 0.15) is 6.10 Å². The maximum absolute atomic E-state index is 12.5. The summed E-state index contributed by atoms with van der Waals surface area (Å²) in [6, 6.07) is -0.814. The van der Waals surface area contributed by atoms with Gasteiger partial charge < -0.3 is 20.6 Å². The predicted molar refractivity (Wildman–Crippen MR) is 287 cm³/mol. The van der Waals surface area contributed by atoms with Crippen LogP contribution in [0.15, 0.2) is 36.5 Å². The zero-order chi connectivity index (χ0) is 47.2. The molecule has 5 nitrogen and oxygen atoms in total. The molecule has 0 heterocycles. The van der Waals surface area contributed by atoms with Gasteiger partial charge in [0.05, 0.1) is 18.8 Å². The van der Waals surface area contributed by atoms with Gasteiger partial charge in [-0.15, -0.1) is 0 Å². The second-order valence-corrected chi connectivity index (χ2v) is 20.2. The van der Waals surface area contributed by atoms with Crippen molar-refractivity contribution in [3.8, 4) is 0 Å². The summed E-state index contributed by atoms with van der Waals surface area (Å²) in [5.41, 5.74) is 0. The van der Waals surface area contributed by atoms with Crippen molar-refractivity contribution in [2.24, 2.45) is 0 Å². The minimum absolute atomic E-state index is 0.374. The second-order valence-electron chi connectivity index (χ2n) is 20.2. The van der Waals surface area contributed by atoms with Crippen LogP contribution in [0.2, 0.25) is 0 Å². The van der Waals surface area contributed by atoms with E-state index in [9.17, 15) is 20.1 Å². The van der Waals surface area contributed by atoms with Crippen LogP contribution >= 0.6 is 0 Å². The van der Waals surface area contributed by atoms with Gasteiger partial charge in [-0.2, -0.15) is 0 Å². The Hall–Kier alpha value is -1.43. The third kappa shape index (κ3) is 50.3. The third-order valence-electron chi connectivity index (χ3n) is 13.7. The predicted octanol–water partition coefficient (Wildman–Crippen LogP) is 18.2. The number of aliphatic hydroxyl groups is 3. The molecule has 0 saturated carbocycles. The van der Waals surface area contributed by atoms with Crippen LogP contribution in [0.3, 0.4) is 0 Å². The van der Waals surface area contributed by atoms with Crippen molar-refractivity contribution in [3.63, 3.8) is 0 Å². The first kappa shape index (κ1) is 63.6. The van der Waals surface area contributed by atoms with Gasteiger partial charge in [-0.1, -0.05) is 294 Å². The summed E-state index contributed by atoms with van der Waals surface area (Å²) in [6.07, 6.45) is 72.4. The average Bonchev–Trinajstić information content (AvgIpc) is 3.31. The Balaban J connectivity index is 3.52. The summed E-state index contributed by atoms with van der Waals surface area (Å²) in [6.45, 7) is 4.20. The highest BCUT2D eigenvalue weighted by molar-refractivity contribution is 5.80. The van der Waals surface area contributed by atoms with E-state index in [1.165, 1.54) is 257 Å². The molecule has 0 aliphatic heterocycles. The van der Waals surface area contributed by atoms with Crippen molar-refractivity contribution in [2.45, 2.75) is 334 Å². The standard InChI is InChI=1S/C60H115NO4/c1-3-5-7-9-11-13-15-17-19-21-22-23-24-25-26-27-28-29-30-31-32-33-34-35-36-37-39-41-43-45-47-49-51-53-55-59(64)60(65)61-57(56-62)58(63)54-52-50-48-46-44-42-40-38-20-18-16-14-12-10-8-6-4-2/h27-28,44,46,52,54,57-59,62-64H,3-26,29-43,45,47-51,53,55-56H2,1-2H3,(H,61,65)/b28-27-,46-44+,54-52+. The van der Waals surface area contributed by atoms with Gasteiger partial charge >= 0.3 is 0 Å². The topological polar surface area (TPSA) is 89.8 Å². The quantitative estimate of drug-likeness (QED) is 0.0361. The van der Waals surface area contributed by atoms with E-state index in [1.54, 1.807) is 6.08 Å². The molecule has 5 heteroatoms. The number of allylic oxidation sites excluding steroid dienone is 5. The van der Waals surface area contributed by atoms with Crippen molar-refractivity contribution >= 4 is 5.91 Å². The summed E-state index contributed by atoms with van der Waals surface area (Å²) in [4.78, 5) is 12.5. The van der Waals surface area contributed by atoms with Crippen LogP contribution in [0.1, 0.15) is 316 Å². The van der Waals surface area contributed by atoms with Crippen LogP contribution in [-0.2, 0) is 4.79 Å². The summed E-state index contributed by atoms with van der Waals surface area (Å²) in [7, 11) is 0. The summed E-state index contributed by atoms with van der Waals surface area (Å²) in [5.74, 6) is -0.509. The monoisotopic (exact) mass is 914 g/mol. The lowest BCUT2D eigenvalue weighted by atomic mass is 10.0. The van der Waals surface area contributed by atoms with Gasteiger partial charge in [0.2, 0.25) is 5.91 Å². The molecule has 0 aromatic heterocycles. The molecule has 1 amide bonds. The van der Waals surface area contributed by atoms with E-state index in [0.717, 1.165) is 38.5 Å². The molecule has 0 aromatic carbocycles. The molecule has 0 fully saturated rings. The first-order valence-electron chi connectivity index (χ1n) is 29.3. The fourth-order valence-corrected chi connectivity index (χ4v) is 9.14. The Bertz CT molecular complexity index is 1010. The van der Waals surface area contributed by atoms with Gasteiger partial charge in [0, 0.05) is 0 Å². The van der Waals surface area contributed by atoms with Crippen molar-refractivity contribution in [1.82, 2.24) is 5.32 Å². The molecular weight excluding hydrogens is 799 g/mol. The Morgan fingerprint density at radius 2 is 0.631 bits per heavy atom. The molecule has 0 aliphatic carbocycles. The van der Waals surface area contributed by atoms with Crippen LogP contribution < -0.4 is 5.32 Å². The van der Waals surface area contributed by atoms with Crippen LogP contribution in [-0.4, -0.2) is 46.1 Å². The lowest BCUT2D eigenvalue weighted by molar-refractivity contribution is -0.131. The Morgan fingerprint density at radius 3 is 0.938 bits per heavy atom. The number of carbonyl (C=O) groups excluding carboxylic acids is 1. The zero-order valence-electron chi connectivity index (χ0n) is 43.9. The van der Waals surface area contributed by atoms with Crippen LogP contribution in [0.4, 0.5) is 0 Å². The minimum atomic E-state index is -1.11. The van der Waals surface area contributed by atoms with Gasteiger partial charge in [-0.3, -0.25) is 4.79 Å². The molecule has 0 saturated heterocycles. The van der Waals surface area contributed by atoms with Crippen molar-refractivity contribution in [2.75, 3.05) is 6.61 Å². The summed E-state index contributed by atoms with van der Waals surface area (Å²) >= 11 is 0. The summed E-state index contributed by atoms with van der Waals surface area (Å²) in [5, 5.41) is 33.3. The van der Waals surface area contributed by atoms with E-state index in [2.05, 4.69) is 43.5 Å². The maximum Gasteiger partial charge on any atom is 0.249 e. The Kier molecular flexibility index (Phi) is 54.0. The molecule has 0 radical (unpaired) electrons.